The molecule has 146 valence electrons. The second kappa shape index (κ2) is 7.47. The number of fused-ring (bicyclic) bond motifs is 2. The topological polar surface area (TPSA) is 36.4 Å². The lowest BCUT2D eigenvalue weighted by atomic mass is 9.74. The van der Waals surface area contributed by atoms with Gasteiger partial charge in [0.15, 0.2) is 0 Å². The number of likely N-dealkylation sites (tertiary alicyclic amines) is 1. The zero-order chi connectivity index (χ0) is 19.9. The monoisotopic (exact) mass is 419 g/mol. The van der Waals surface area contributed by atoms with Gasteiger partial charge in [0.05, 0.1) is 0 Å². The molecule has 1 saturated heterocycles. The first kappa shape index (κ1) is 19.4. The van der Waals surface area contributed by atoms with Crippen LogP contribution in [0.15, 0.2) is 43.0 Å². The van der Waals surface area contributed by atoms with Gasteiger partial charge in [0.1, 0.15) is 16.1 Å². The average molecular weight is 420 g/mol. The summed E-state index contributed by atoms with van der Waals surface area (Å²) in [6, 6.07) is 7.70. The molecule has 2 aromatic rings. The smallest absolute Gasteiger partial charge is 0.258 e. The summed E-state index contributed by atoms with van der Waals surface area (Å²) in [6.45, 7) is 6.93. The summed E-state index contributed by atoms with van der Waals surface area (Å²) in [6.07, 6.45) is 3.62. The molecule has 28 heavy (non-hydrogen) atoms. The highest BCUT2D eigenvalue weighted by molar-refractivity contribution is 6.33. The van der Waals surface area contributed by atoms with Crippen molar-refractivity contribution in [1.82, 2.24) is 9.88 Å². The molecule has 2 aliphatic rings. The highest BCUT2D eigenvalue weighted by Crippen LogP contribution is 2.47. The minimum Gasteiger partial charge on any atom is -0.307 e. The van der Waals surface area contributed by atoms with E-state index < -0.39 is 0 Å². The predicted octanol–water partition coefficient (Wildman–Crippen LogP) is 4.71. The number of piperidine rings is 1. The Bertz CT molecular complexity index is 921. The molecule has 1 spiro atoms. The fourth-order valence-corrected chi connectivity index (χ4v) is 4.80. The van der Waals surface area contributed by atoms with Gasteiger partial charge >= 0.3 is 0 Å². The first-order valence-electron chi connectivity index (χ1n) is 9.20. The fourth-order valence-electron chi connectivity index (χ4n) is 4.34. The summed E-state index contributed by atoms with van der Waals surface area (Å²) in [5.74, 6) is -0.486. The molecule has 4 rings (SSSR count). The molecule has 0 bridgehead atoms. The second-order valence-corrected chi connectivity index (χ2v) is 8.20. The van der Waals surface area contributed by atoms with Gasteiger partial charge in [0.2, 0.25) is 0 Å². The van der Waals surface area contributed by atoms with Crippen molar-refractivity contribution in [2.45, 2.75) is 18.3 Å². The summed E-state index contributed by atoms with van der Waals surface area (Å²) in [4.78, 5) is 21.2. The van der Waals surface area contributed by atoms with Crippen molar-refractivity contribution in [2.24, 2.45) is 0 Å². The van der Waals surface area contributed by atoms with Crippen molar-refractivity contribution in [3.05, 3.63) is 70.2 Å². The number of nitrogens with zero attached hydrogens (tertiary/aromatic N) is 3. The van der Waals surface area contributed by atoms with E-state index in [-0.39, 0.29) is 27.4 Å². The Morgan fingerprint density at radius 2 is 1.89 bits per heavy atom. The Kier molecular flexibility index (Phi) is 5.17. The largest absolute Gasteiger partial charge is 0.307 e. The van der Waals surface area contributed by atoms with E-state index in [1.165, 1.54) is 18.2 Å². The van der Waals surface area contributed by atoms with Crippen LogP contribution in [0.2, 0.25) is 10.3 Å². The number of aromatic nitrogens is 1. The Morgan fingerprint density at radius 3 is 2.54 bits per heavy atom. The van der Waals surface area contributed by atoms with Gasteiger partial charge in [-0.15, -0.1) is 6.58 Å². The van der Waals surface area contributed by atoms with Gasteiger partial charge in [0, 0.05) is 29.8 Å². The predicted molar refractivity (Wildman–Crippen MR) is 110 cm³/mol. The van der Waals surface area contributed by atoms with Crippen LogP contribution in [0.5, 0.6) is 0 Å². The van der Waals surface area contributed by atoms with Crippen molar-refractivity contribution in [1.29, 1.82) is 0 Å². The molecule has 4 nitrogen and oxygen atoms in total. The summed E-state index contributed by atoms with van der Waals surface area (Å²) in [7, 11) is 0. The molecule has 2 aliphatic heterocycles. The van der Waals surface area contributed by atoms with Gasteiger partial charge in [-0.05, 0) is 61.8 Å². The third kappa shape index (κ3) is 3.43. The lowest BCUT2D eigenvalue weighted by Crippen LogP contribution is -2.46. The average Bonchev–Trinajstić information content (AvgIpc) is 2.96. The number of halogens is 3. The van der Waals surface area contributed by atoms with Crippen LogP contribution in [0.3, 0.4) is 0 Å². The Balaban J connectivity index is 1.69. The highest BCUT2D eigenvalue weighted by atomic mass is 35.5. The summed E-state index contributed by atoms with van der Waals surface area (Å²) < 4.78 is 14.1. The van der Waals surface area contributed by atoms with E-state index in [2.05, 4.69) is 16.5 Å². The van der Waals surface area contributed by atoms with Crippen LogP contribution < -0.4 is 4.90 Å². The number of pyridine rings is 1. The van der Waals surface area contributed by atoms with E-state index in [1.807, 2.05) is 6.08 Å². The van der Waals surface area contributed by atoms with E-state index in [0.29, 0.717) is 12.1 Å². The van der Waals surface area contributed by atoms with Crippen LogP contribution in [0.25, 0.3) is 0 Å². The third-order valence-corrected chi connectivity index (χ3v) is 6.12. The Labute approximate surface area is 173 Å². The number of hydrogen-bond acceptors (Lipinski definition) is 3. The summed E-state index contributed by atoms with van der Waals surface area (Å²) >= 11 is 12.0. The maximum atomic E-state index is 14.1. The first-order valence-corrected chi connectivity index (χ1v) is 9.96. The van der Waals surface area contributed by atoms with Crippen LogP contribution in [0.1, 0.15) is 28.8 Å². The van der Waals surface area contributed by atoms with E-state index in [1.54, 1.807) is 17.0 Å². The SMILES string of the molecule is C=CCN1CCC2(CC1)CN(C(=O)c1cc(Cl)nc(Cl)c1)c1ccc(F)cc12. The molecule has 1 aromatic heterocycles. The number of benzene rings is 1. The number of amides is 1. The third-order valence-electron chi connectivity index (χ3n) is 5.74. The normalized spacial score (nSPS) is 18.3. The zero-order valence-electron chi connectivity index (χ0n) is 15.3. The molecule has 0 radical (unpaired) electrons. The highest BCUT2D eigenvalue weighted by Gasteiger charge is 2.46. The second-order valence-electron chi connectivity index (χ2n) is 7.42. The maximum Gasteiger partial charge on any atom is 0.258 e. The molecule has 7 heteroatoms. The molecule has 0 unspecified atom stereocenters. The number of carbonyl (C=O) groups excluding carboxylic acids is 1. The number of rotatable bonds is 3. The van der Waals surface area contributed by atoms with Crippen LogP contribution in [0, 0.1) is 5.82 Å². The van der Waals surface area contributed by atoms with Crippen LogP contribution in [-0.2, 0) is 5.41 Å². The van der Waals surface area contributed by atoms with Crippen molar-refractivity contribution in [3.8, 4) is 0 Å². The van der Waals surface area contributed by atoms with E-state index in [9.17, 15) is 9.18 Å². The molecule has 0 saturated carbocycles. The van der Waals surface area contributed by atoms with E-state index in [0.717, 1.165) is 43.7 Å². The molecule has 1 aromatic carbocycles. The molecule has 0 aliphatic carbocycles. The van der Waals surface area contributed by atoms with Gasteiger partial charge in [-0.25, -0.2) is 9.37 Å². The van der Waals surface area contributed by atoms with E-state index >= 15 is 0 Å². The van der Waals surface area contributed by atoms with Crippen molar-refractivity contribution in [2.75, 3.05) is 31.1 Å². The number of anilines is 1. The quantitative estimate of drug-likeness (QED) is 0.533. The van der Waals surface area contributed by atoms with Crippen LogP contribution >= 0.6 is 23.2 Å². The molecule has 1 amide bonds. The van der Waals surface area contributed by atoms with Crippen molar-refractivity contribution < 1.29 is 9.18 Å². The molecular formula is C21H20Cl2FN3O. The Hall–Kier alpha value is -1.95. The zero-order valence-corrected chi connectivity index (χ0v) is 16.8. The Morgan fingerprint density at radius 1 is 1.21 bits per heavy atom. The summed E-state index contributed by atoms with van der Waals surface area (Å²) in [5.41, 5.74) is 1.80. The molecule has 0 atom stereocenters. The van der Waals surface area contributed by atoms with Gasteiger partial charge in [0.25, 0.3) is 5.91 Å². The lowest BCUT2D eigenvalue weighted by molar-refractivity contribution is 0.0977. The van der Waals surface area contributed by atoms with Gasteiger partial charge in [-0.3, -0.25) is 9.69 Å². The van der Waals surface area contributed by atoms with Crippen molar-refractivity contribution in [3.63, 3.8) is 0 Å². The van der Waals surface area contributed by atoms with Crippen molar-refractivity contribution >= 4 is 34.8 Å². The summed E-state index contributed by atoms with van der Waals surface area (Å²) in [5, 5.41) is 0.337. The first-order chi connectivity index (χ1) is 13.4. The fraction of sp³-hybridized carbons (Fsp3) is 0.333. The van der Waals surface area contributed by atoms with Gasteiger partial charge < -0.3 is 4.90 Å². The molecule has 3 heterocycles. The number of hydrogen-bond donors (Lipinski definition) is 0. The molecular weight excluding hydrogens is 400 g/mol. The lowest BCUT2D eigenvalue weighted by Gasteiger charge is -2.39. The standard InChI is InChI=1S/C21H20Cl2FN3O/c1-2-7-26-8-5-21(6-9-26)13-27(17-4-3-15(24)12-16(17)21)20(28)14-10-18(22)25-19(23)11-14/h2-4,10-12H,1,5-9,13H2. The number of carbonyl (C=O) groups is 1. The van der Waals surface area contributed by atoms with Gasteiger partial charge in [-0.2, -0.15) is 0 Å². The minimum atomic E-state index is -0.282. The van der Waals surface area contributed by atoms with Crippen LogP contribution in [0.4, 0.5) is 10.1 Å². The maximum absolute atomic E-state index is 14.1. The molecule has 1 fully saturated rings. The van der Waals surface area contributed by atoms with Crippen LogP contribution in [-0.4, -0.2) is 42.0 Å². The van der Waals surface area contributed by atoms with Gasteiger partial charge in [-0.1, -0.05) is 29.3 Å². The molecule has 0 N–H and O–H groups in total. The minimum absolute atomic E-state index is 0.168. The van der Waals surface area contributed by atoms with E-state index in [4.69, 9.17) is 23.2 Å².